The number of carbonyl (C=O) groups is 1. The molecule has 2 aromatic rings. The number of hydrogen-bond donors (Lipinski definition) is 0. The van der Waals surface area contributed by atoms with E-state index >= 15 is 0 Å². The van der Waals surface area contributed by atoms with Gasteiger partial charge in [0, 0.05) is 0 Å². The monoisotopic (exact) mass is 349 g/mol. The molecule has 0 unspecified atom stereocenters. The van der Waals surface area contributed by atoms with Crippen LogP contribution in [-0.2, 0) is 4.79 Å². The maximum absolute atomic E-state index is 12.4. The molecule has 2 rings (SSSR count). The van der Waals surface area contributed by atoms with Crippen molar-refractivity contribution >= 4 is 12.0 Å². The number of hydrogen-bond acceptors (Lipinski definition) is 4. The van der Waals surface area contributed by atoms with Gasteiger partial charge in [-0.25, -0.2) is 4.79 Å². The van der Waals surface area contributed by atoms with Crippen LogP contribution in [0.25, 0.3) is 6.08 Å². The van der Waals surface area contributed by atoms with Crippen molar-refractivity contribution in [3.05, 3.63) is 65.2 Å². The lowest BCUT2D eigenvalue weighted by atomic mass is 10.0. The maximum Gasteiger partial charge on any atom is 0.354 e. The molecule has 0 saturated carbocycles. The van der Waals surface area contributed by atoms with Crippen molar-refractivity contribution in [2.45, 2.75) is 33.1 Å². The van der Waals surface area contributed by atoms with E-state index in [4.69, 9.17) is 9.47 Å². The first-order chi connectivity index (χ1) is 12.5. The molecule has 2 aromatic carbocycles. The molecule has 0 aliphatic heterocycles. The summed E-state index contributed by atoms with van der Waals surface area (Å²) in [5, 5.41) is 9.34. The zero-order valence-corrected chi connectivity index (χ0v) is 15.4. The minimum atomic E-state index is -0.660. The van der Waals surface area contributed by atoms with Gasteiger partial charge in [-0.2, -0.15) is 5.26 Å². The molecular formula is C22H23NO3. The summed E-state index contributed by atoms with van der Waals surface area (Å²) in [6.45, 7) is 6.74. The summed E-state index contributed by atoms with van der Waals surface area (Å²) in [7, 11) is 0. The zero-order chi connectivity index (χ0) is 18.9. The Morgan fingerprint density at radius 2 is 1.85 bits per heavy atom. The Morgan fingerprint density at radius 3 is 2.46 bits per heavy atom. The molecule has 0 heterocycles. The number of nitrogens with zero attached hydrogens (tertiary/aromatic N) is 1. The van der Waals surface area contributed by atoms with E-state index < -0.39 is 5.97 Å². The lowest BCUT2D eigenvalue weighted by Crippen LogP contribution is -2.11. The molecule has 0 spiro atoms. The summed E-state index contributed by atoms with van der Waals surface area (Å²) in [4.78, 5) is 12.4. The molecule has 0 aliphatic rings. The van der Waals surface area contributed by atoms with Crippen molar-refractivity contribution in [2.75, 3.05) is 6.61 Å². The molecule has 0 atom stereocenters. The van der Waals surface area contributed by atoms with Crippen LogP contribution in [0.1, 0.15) is 44.2 Å². The minimum absolute atomic E-state index is 0.0502. The summed E-state index contributed by atoms with van der Waals surface area (Å²) in [5.41, 5.74) is 1.61. The van der Waals surface area contributed by atoms with E-state index in [1.165, 1.54) is 6.08 Å². The van der Waals surface area contributed by atoms with Crippen LogP contribution in [0.4, 0.5) is 0 Å². The molecule has 0 fully saturated rings. The fourth-order valence-electron chi connectivity index (χ4n) is 2.39. The smallest absolute Gasteiger partial charge is 0.354 e. The average molecular weight is 349 g/mol. The van der Waals surface area contributed by atoms with Crippen LogP contribution in [-0.4, -0.2) is 12.6 Å². The summed E-state index contributed by atoms with van der Waals surface area (Å²) >= 11 is 0. The number of ether oxygens (including phenoxy) is 2. The first-order valence-electron chi connectivity index (χ1n) is 8.71. The van der Waals surface area contributed by atoms with E-state index in [9.17, 15) is 10.1 Å². The molecular weight excluding hydrogens is 326 g/mol. The molecule has 4 heteroatoms. The van der Waals surface area contributed by atoms with Gasteiger partial charge < -0.3 is 9.47 Å². The van der Waals surface area contributed by atoms with Crippen LogP contribution in [0.15, 0.2) is 54.1 Å². The topological polar surface area (TPSA) is 59.3 Å². The van der Waals surface area contributed by atoms with Gasteiger partial charge in [-0.1, -0.05) is 51.1 Å². The SMILES string of the molecule is CCCOc1ccc(/C=C(\C#N)C(=O)Oc2ccccc2C(C)C)cc1. The molecule has 0 radical (unpaired) electrons. The molecule has 0 aromatic heterocycles. The van der Waals surface area contributed by atoms with Gasteiger partial charge in [0.1, 0.15) is 23.1 Å². The van der Waals surface area contributed by atoms with Gasteiger partial charge in [0.15, 0.2) is 0 Å². The van der Waals surface area contributed by atoms with Crippen LogP contribution in [0.5, 0.6) is 11.5 Å². The highest BCUT2D eigenvalue weighted by Crippen LogP contribution is 2.26. The number of carbonyl (C=O) groups excluding carboxylic acids is 1. The Kier molecular flexibility index (Phi) is 6.99. The second-order valence-corrected chi connectivity index (χ2v) is 6.17. The Bertz CT molecular complexity index is 814. The van der Waals surface area contributed by atoms with E-state index in [0.717, 1.165) is 23.3 Å². The van der Waals surface area contributed by atoms with Crippen LogP contribution >= 0.6 is 0 Å². The predicted molar refractivity (Wildman–Crippen MR) is 102 cm³/mol. The lowest BCUT2D eigenvalue weighted by Gasteiger charge is -2.12. The Balaban J connectivity index is 2.16. The van der Waals surface area contributed by atoms with Crippen molar-refractivity contribution < 1.29 is 14.3 Å². The summed E-state index contributed by atoms with van der Waals surface area (Å²) in [5.74, 6) is 0.795. The Morgan fingerprint density at radius 1 is 1.15 bits per heavy atom. The third-order valence-corrected chi connectivity index (χ3v) is 3.75. The third-order valence-electron chi connectivity index (χ3n) is 3.75. The molecule has 0 amide bonds. The fraction of sp³-hybridized carbons (Fsp3) is 0.273. The van der Waals surface area contributed by atoms with Gasteiger partial charge in [0.05, 0.1) is 6.61 Å². The second-order valence-electron chi connectivity index (χ2n) is 6.17. The molecule has 26 heavy (non-hydrogen) atoms. The van der Waals surface area contributed by atoms with Crippen LogP contribution in [0.2, 0.25) is 0 Å². The highest BCUT2D eigenvalue weighted by atomic mass is 16.5. The average Bonchev–Trinajstić information content (AvgIpc) is 2.65. The number of nitriles is 1. The van der Waals surface area contributed by atoms with Crippen LogP contribution < -0.4 is 9.47 Å². The van der Waals surface area contributed by atoms with Gasteiger partial charge >= 0.3 is 5.97 Å². The summed E-state index contributed by atoms with van der Waals surface area (Å²) < 4.78 is 11.0. The first kappa shape index (κ1) is 19.3. The number of benzene rings is 2. The van der Waals surface area contributed by atoms with Crippen LogP contribution in [0.3, 0.4) is 0 Å². The molecule has 0 aliphatic carbocycles. The highest BCUT2D eigenvalue weighted by molar-refractivity contribution is 5.99. The Labute approximate surface area is 154 Å². The van der Waals surface area contributed by atoms with Crippen molar-refractivity contribution in [3.8, 4) is 17.6 Å². The number of para-hydroxylation sites is 1. The number of esters is 1. The predicted octanol–water partition coefficient (Wildman–Crippen LogP) is 5.11. The van der Waals surface area contributed by atoms with Crippen molar-refractivity contribution in [2.24, 2.45) is 0 Å². The van der Waals surface area contributed by atoms with Crippen molar-refractivity contribution in [1.82, 2.24) is 0 Å². The van der Waals surface area contributed by atoms with Gasteiger partial charge in [-0.05, 0) is 47.7 Å². The van der Waals surface area contributed by atoms with E-state index in [-0.39, 0.29) is 11.5 Å². The van der Waals surface area contributed by atoms with Crippen molar-refractivity contribution in [3.63, 3.8) is 0 Å². The maximum atomic E-state index is 12.4. The summed E-state index contributed by atoms with van der Waals surface area (Å²) in [6, 6.07) is 16.5. The summed E-state index contributed by atoms with van der Waals surface area (Å²) in [6.07, 6.45) is 2.45. The van der Waals surface area contributed by atoms with Gasteiger partial charge in [-0.3, -0.25) is 0 Å². The minimum Gasteiger partial charge on any atom is -0.494 e. The fourth-order valence-corrected chi connectivity index (χ4v) is 2.39. The normalized spacial score (nSPS) is 11.1. The van der Waals surface area contributed by atoms with E-state index in [1.54, 1.807) is 24.3 Å². The molecule has 134 valence electrons. The molecule has 0 saturated heterocycles. The van der Waals surface area contributed by atoms with E-state index in [0.29, 0.717) is 12.4 Å². The standard InChI is InChI=1S/C22H23NO3/c1-4-13-25-19-11-9-17(10-12-19)14-18(15-23)22(24)26-21-8-6-5-7-20(21)16(2)3/h5-12,14,16H,4,13H2,1-3H3/b18-14+. The van der Waals surface area contributed by atoms with E-state index in [2.05, 4.69) is 0 Å². The largest absolute Gasteiger partial charge is 0.494 e. The van der Waals surface area contributed by atoms with Gasteiger partial charge in [0.25, 0.3) is 0 Å². The highest BCUT2D eigenvalue weighted by Gasteiger charge is 2.15. The zero-order valence-electron chi connectivity index (χ0n) is 15.4. The Hall–Kier alpha value is -3.06. The first-order valence-corrected chi connectivity index (χ1v) is 8.71. The van der Waals surface area contributed by atoms with Gasteiger partial charge in [-0.15, -0.1) is 0 Å². The second kappa shape index (κ2) is 9.43. The van der Waals surface area contributed by atoms with Crippen molar-refractivity contribution in [1.29, 1.82) is 5.26 Å². The molecule has 0 bridgehead atoms. The molecule has 4 nitrogen and oxygen atoms in total. The lowest BCUT2D eigenvalue weighted by molar-refractivity contribution is -0.129. The number of rotatable bonds is 7. The van der Waals surface area contributed by atoms with Crippen LogP contribution in [0, 0.1) is 11.3 Å². The third kappa shape index (κ3) is 5.22. The molecule has 0 N–H and O–H groups in total. The quantitative estimate of drug-likeness (QED) is 0.301. The van der Waals surface area contributed by atoms with Gasteiger partial charge in [0.2, 0.25) is 0 Å². The van der Waals surface area contributed by atoms with E-state index in [1.807, 2.05) is 51.1 Å².